The molecule has 0 fully saturated rings. The number of aromatic nitrogens is 1. The molecular weight excluding hydrogens is 321 g/mol. The lowest BCUT2D eigenvalue weighted by atomic mass is 10.2. The van der Waals surface area contributed by atoms with Gasteiger partial charge >= 0.3 is 0 Å². The van der Waals surface area contributed by atoms with Gasteiger partial charge in [-0.15, -0.1) is 0 Å². The molecule has 0 spiro atoms. The molecule has 6 heteroatoms. The number of anilines is 1. The maximum absolute atomic E-state index is 14.0. The first-order valence-corrected chi connectivity index (χ1v) is 7.57. The Balaban J connectivity index is 2.04. The van der Waals surface area contributed by atoms with Crippen LogP contribution in [0.2, 0.25) is 0 Å². The van der Waals surface area contributed by atoms with Crippen LogP contribution in [0.3, 0.4) is 0 Å². The molecule has 0 aliphatic carbocycles. The molecule has 1 heterocycles. The number of benzene rings is 2. The van der Waals surface area contributed by atoms with Gasteiger partial charge in [0.25, 0.3) is 0 Å². The van der Waals surface area contributed by atoms with Gasteiger partial charge in [0.2, 0.25) is 5.88 Å². The van der Waals surface area contributed by atoms with Crippen LogP contribution in [0, 0.1) is 17.1 Å². The lowest BCUT2D eigenvalue weighted by molar-refractivity contribution is 0.367. The van der Waals surface area contributed by atoms with Crippen LogP contribution in [-0.2, 0) is 6.54 Å². The van der Waals surface area contributed by atoms with Crippen molar-refractivity contribution in [3.63, 3.8) is 0 Å². The zero-order chi connectivity index (χ0) is 17.8. The maximum Gasteiger partial charge on any atom is 0.224 e. The van der Waals surface area contributed by atoms with Gasteiger partial charge in [0.1, 0.15) is 17.6 Å². The molecule has 0 amide bonds. The summed E-state index contributed by atoms with van der Waals surface area (Å²) < 4.78 is 26.7. The van der Waals surface area contributed by atoms with Crippen LogP contribution < -0.4 is 15.2 Å². The van der Waals surface area contributed by atoms with E-state index in [1.807, 2.05) is 6.07 Å². The van der Waals surface area contributed by atoms with Crippen LogP contribution in [0.4, 0.5) is 10.1 Å². The summed E-state index contributed by atoms with van der Waals surface area (Å²) in [5.41, 5.74) is 7.02. The van der Waals surface area contributed by atoms with E-state index in [1.54, 1.807) is 41.0 Å². The average Bonchev–Trinajstić information content (AvgIpc) is 2.93. The van der Waals surface area contributed by atoms with Crippen molar-refractivity contribution in [1.29, 1.82) is 5.26 Å². The zero-order valence-corrected chi connectivity index (χ0v) is 13.6. The number of methoxy groups -OCH3 is 1. The van der Waals surface area contributed by atoms with Crippen molar-refractivity contribution in [3.05, 3.63) is 71.7 Å². The van der Waals surface area contributed by atoms with Crippen molar-refractivity contribution in [2.75, 3.05) is 12.8 Å². The SMILES string of the molecule is COc1ccccc1Oc1c(N)cc(C#N)n1Cc1ccccc1F. The van der Waals surface area contributed by atoms with Crippen molar-refractivity contribution >= 4 is 5.69 Å². The molecule has 2 N–H and O–H groups in total. The Kier molecular flexibility index (Phi) is 4.57. The molecule has 126 valence electrons. The Morgan fingerprint density at radius 2 is 1.80 bits per heavy atom. The summed E-state index contributed by atoms with van der Waals surface area (Å²) in [5.74, 6) is 0.888. The third-order valence-electron chi connectivity index (χ3n) is 3.75. The van der Waals surface area contributed by atoms with Gasteiger partial charge < -0.3 is 15.2 Å². The quantitative estimate of drug-likeness (QED) is 0.765. The van der Waals surface area contributed by atoms with Crippen LogP contribution in [0.25, 0.3) is 0 Å². The number of rotatable bonds is 5. The van der Waals surface area contributed by atoms with E-state index in [4.69, 9.17) is 15.2 Å². The molecule has 25 heavy (non-hydrogen) atoms. The predicted octanol–water partition coefficient (Wildman–Crippen LogP) is 3.93. The summed E-state index contributed by atoms with van der Waals surface area (Å²) in [4.78, 5) is 0. The summed E-state index contributed by atoms with van der Waals surface area (Å²) >= 11 is 0. The summed E-state index contributed by atoms with van der Waals surface area (Å²) in [6.07, 6.45) is 0. The first kappa shape index (κ1) is 16.4. The largest absolute Gasteiger partial charge is 0.493 e. The molecule has 0 aliphatic rings. The number of nitriles is 1. The van der Waals surface area contributed by atoms with E-state index in [0.29, 0.717) is 22.7 Å². The molecule has 3 rings (SSSR count). The number of nitrogens with zero attached hydrogens (tertiary/aromatic N) is 2. The second kappa shape index (κ2) is 6.97. The standard InChI is InChI=1S/C19H16FN3O2/c1-24-17-8-4-5-9-18(17)25-19-16(22)10-14(11-21)23(19)12-13-6-2-3-7-15(13)20/h2-10H,12,22H2,1H3. The number of hydrogen-bond acceptors (Lipinski definition) is 4. The molecule has 0 saturated heterocycles. The lowest BCUT2D eigenvalue weighted by Gasteiger charge is -2.14. The van der Waals surface area contributed by atoms with Gasteiger partial charge in [0.15, 0.2) is 11.5 Å². The highest BCUT2D eigenvalue weighted by Crippen LogP contribution is 2.36. The Hall–Kier alpha value is -3.46. The second-order valence-corrected chi connectivity index (χ2v) is 5.33. The fourth-order valence-corrected chi connectivity index (χ4v) is 2.52. The van der Waals surface area contributed by atoms with Crippen LogP contribution in [-0.4, -0.2) is 11.7 Å². The van der Waals surface area contributed by atoms with Gasteiger partial charge in [-0.25, -0.2) is 4.39 Å². The molecule has 5 nitrogen and oxygen atoms in total. The molecule has 0 aliphatic heterocycles. The minimum atomic E-state index is -0.359. The molecule has 0 radical (unpaired) electrons. The molecular formula is C19H16FN3O2. The summed E-state index contributed by atoms with van der Waals surface area (Å²) in [6, 6.07) is 17.0. The van der Waals surface area contributed by atoms with Crippen molar-refractivity contribution in [1.82, 2.24) is 4.57 Å². The number of nitrogen functional groups attached to an aromatic ring is 1. The first-order chi connectivity index (χ1) is 12.1. The smallest absolute Gasteiger partial charge is 0.224 e. The van der Waals surface area contributed by atoms with Gasteiger partial charge in [-0.05, 0) is 18.2 Å². The van der Waals surface area contributed by atoms with E-state index in [0.717, 1.165) is 0 Å². The summed E-state index contributed by atoms with van der Waals surface area (Å²) in [7, 11) is 1.53. The highest BCUT2D eigenvalue weighted by molar-refractivity contribution is 5.57. The van der Waals surface area contributed by atoms with Crippen molar-refractivity contribution in [2.24, 2.45) is 0 Å². The molecule has 0 saturated carbocycles. The Bertz CT molecular complexity index is 944. The van der Waals surface area contributed by atoms with Crippen molar-refractivity contribution in [2.45, 2.75) is 6.54 Å². The molecule has 0 bridgehead atoms. The third kappa shape index (κ3) is 3.26. The second-order valence-electron chi connectivity index (χ2n) is 5.33. The van der Waals surface area contributed by atoms with Gasteiger partial charge in [0.05, 0.1) is 19.3 Å². The molecule has 3 aromatic rings. The first-order valence-electron chi connectivity index (χ1n) is 7.57. The number of ether oxygens (including phenoxy) is 2. The van der Waals surface area contributed by atoms with E-state index in [1.165, 1.54) is 19.2 Å². The highest BCUT2D eigenvalue weighted by atomic mass is 19.1. The number of hydrogen-bond donors (Lipinski definition) is 1. The molecule has 0 atom stereocenters. The maximum atomic E-state index is 14.0. The Morgan fingerprint density at radius 3 is 2.48 bits per heavy atom. The number of halogens is 1. The predicted molar refractivity (Wildman–Crippen MR) is 92.1 cm³/mol. The fourth-order valence-electron chi connectivity index (χ4n) is 2.52. The number of para-hydroxylation sites is 2. The van der Waals surface area contributed by atoms with E-state index in [2.05, 4.69) is 6.07 Å². The minimum Gasteiger partial charge on any atom is -0.493 e. The Morgan fingerprint density at radius 1 is 1.12 bits per heavy atom. The van der Waals surface area contributed by atoms with Crippen molar-refractivity contribution in [3.8, 4) is 23.4 Å². The summed E-state index contributed by atoms with van der Waals surface area (Å²) in [6.45, 7) is 0.122. The normalized spacial score (nSPS) is 10.3. The van der Waals surface area contributed by atoms with E-state index in [-0.39, 0.29) is 23.9 Å². The van der Waals surface area contributed by atoms with E-state index in [9.17, 15) is 9.65 Å². The number of nitrogens with two attached hydrogens (primary N) is 1. The topological polar surface area (TPSA) is 73.2 Å². The van der Waals surface area contributed by atoms with Gasteiger partial charge in [-0.2, -0.15) is 5.26 Å². The molecule has 2 aromatic carbocycles. The van der Waals surface area contributed by atoms with E-state index >= 15 is 0 Å². The third-order valence-corrected chi connectivity index (χ3v) is 3.75. The highest BCUT2D eigenvalue weighted by Gasteiger charge is 2.18. The monoisotopic (exact) mass is 337 g/mol. The van der Waals surface area contributed by atoms with Gasteiger partial charge in [-0.3, -0.25) is 4.57 Å². The lowest BCUT2D eigenvalue weighted by Crippen LogP contribution is -2.07. The molecule has 1 aromatic heterocycles. The van der Waals surface area contributed by atoms with Gasteiger partial charge in [0, 0.05) is 11.6 Å². The fraction of sp³-hybridized carbons (Fsp3) is 0.105. The Labute approximate surface area is 144 Å². The van der Waals surface area contributed by atoms with E-state index < -0.39 is 0 Å². The van der Waals surface area contributed by atoms with Crippen molar-refractivity contribution < 1.29 is 13.9 Å². The van der Waals surface area contributed by atoms with Crippen LogP contribution in [0.1, 0.15) is 11.3 Å². The van der Waals surface area contributed by atoms with Crippen LogP contribution in [0.15, 0.2) is 54.6 Å². The van der Waals surface area contributed by atoms with Gasteiger partial charge in [-0.1, -0.05) is 30.3 Å². The average molecular weight is 337 g/mol. The van der Waals surface area contributed by atoms with Crippen LogP contribution in [0.5, 0.6) is 17.4 Å². The van der Waals surface area contributed by atoms with Crippen LogP contribution >= 0.6 is 0 Å². The summed E-state index contributed by atoms with van der Waals surface area (Å²) in [5, 5.41) is 9.37. The minimum absolute atomic E-state index is 0.122. The zero-order valence-electron chi connectivity index (χ0n) is 13.6. The molecule has 0 unspecified atom stereocenters.